The van der Waals surface area contributed by atoms with Crippen LogP contribution in [0.5, 0.6) is 11.5 Å². The monoisotopic (exact) mass is 341 g/mol. The van der Waals surface area contributed by atoms with Crippen LogP contribution in [-0.4, -0.2) is 6.61 Å². The van der Waals surface area contributed by atoms with E-state index < -0.39 is 0 Å². The normalized spacial score (nSPS) is 10.5. The lowest BCUT2D eigenvalue weighted by molar-refractivity contribution is 0.269. The van der Waals surface area contributed by atoms with Gasteiger partial charge in [-0.2, -0.15) is 0 Å². The van der Waals surface area contributed by atoms with Crippen LogP contribution in [0.3, 0.4) is 0 Å². The van der Waals surface area contributed by atoms with Crippen molar-refractivity contribution >= 4 is 27.3 Å². The van der Waals surface area contributed by atoms with Crippen LogP contribution in [0.25, 0.3) is 0 Å². The fourth-order valence-electron chi connectivity index (χ4n) is 1.68. The molecule has 0 fully saturated rings. The summed E-state index contributed by atoms with van der Waals surface area (Å²) in [6.45, 7) is 3.56. The summed E-state index contributed by atoms with van der Waals surface area (Å²) in [4.78, 5) is 1.18. The van der Waals surface area contributed by atoms with Crippen molar-refractivity contribution in [1.82, 2.24) is 0 Å². The van der Waals surface area contributed by atoms with E-state index in [4.69, 9.17) is 15.2 Å². The Bertz CT molecular complexity index is 528. The van der Waals surface area contributed by atoms with E-state index in [-0.39, 0.29) is 0 Å². The molecule has 2 rings (SSSR count). The van der Waals surface area contributed by atoms with Crippen LogP contribution >= 0.6 is 27.3 Å². The predicted molar refractivity (Wildman–Crippen MR) is 81.9 cm³/mol. The van der Waals surface area contributed by atoms with E-state index >= 15 is 0 Å². The standard InChI is InChI=1S/C14H16BrNO2S/c1-2-17-13-7-10(8-16)6-12(15)14(13)18-9-11-4-3-5-19-11/h3-7H,2,8-9,16H2,1H3. The molecule has 2 N–H and O–H groups in total. The zero-order chi connectivity index (χ0) is 13.7. The van der Waals surface area contributed by atoms with Gasteiger partial charge in [0, 0.05) is 11.4 Å². The number of hydrogen-bond acceptors (Lipinski definition) is 4. The highest BCUT2D eigenvalue weighted by Gasteiger charge is 2.12. The zero-order valence-electron chi connectivity index (χ0n) is 10.7. The third kappa shape index (κ3) is 3.72. The number of hydrogen-bond donors (Lipinski definition) is 1. The molecule has 2 aromatic rings. The number of ether oxygens (including phenoxy) is 2. The number of halogens is 1. The van der Waals surface area contributed by atoms with Gasteiger partial charge in [0.2, 0.25) is 0 Å². The maximum Gasteiger partial charge on any atom is 0.175 e. The van der Waals surface area contributed by atoms with Gasteiger partial charge in [0.1, 0.15) is 6.61 Å². The number of rotatable bonds is 6. The van der Waals surface area contributed by atoms with Crippen LogP contribution < -0.4 is 15.2 Å². The van der Waals surface area contributed by atoms with Gasteiger partial charge < -0.3 is 15.2 Å². The first-order chi connectivity index (χ1) is 9.24. The maximum atomic E-state index is 5.86. The average molecular weight is 342 g/mol. The van der Waals surface area contributed by atoms with Gasteiger partial charge in [0.25, 0.3) is 0 Å². The van der Waals surface area contributed by atoms with E-state index in [2.05, 4.69) is 15.9 Å². The Hall–Kier alpha value is -1.04. The highest BCUT2D eigenvalue weighted by atomic mass is 79.9. The second-order valence-electron chi connectivity index (χ2n) is 3.91. The highest BCUT2D eigenvalue weighted by molar-refractivity contribution is 9.10. The lowest BCUT2D eigenvalue weighted by Crippen LogP contribution is -2.02. The molecule has 0 spiro atoms. The van der Waals surface area contributed by atoms with Crippen molar-refractivity contribution < 1.29 is 9.47 Å². The second kappa shape index (κ2) is 6.93. The molecule has 0 radical (unpaired) electrons. The van der Waals surface area contributed by atoms with Crippen LogP contribution in [0.1, 0.15) is 17.4 Å². The summed E-state index contributed by atoms with van der Waals surface area (Å²) in [5, 5.41) is 2.04. The minimum Gasteiger partial charge on any atom is -0.490 e. The summed E-state index contributed by atoms with van der Waals surface area (Å²) in [7, 11) is 0. The Balaban J connectivity index is 2.21. The molecule has 102 valence electrons. The second-order valence-corrected chi connectivity index (χ2v) is 5.80. The molecule has 1 aromatic carbocycles. The molecule has 1 aromatic heterocycles. The summed E-state index contributed by atoms with van der Waals surface area (Å²) >= 11 is 5.19. The molecule has 0 aliphatic carbocycles. The van der Waals surface area contributed by atoms with Crippen LogP contribution in [0, 0.1) is 0 Å². The summed E-state index contributed by atoms with van der Waals surface area (Å²) in [6, 6.07) is 7.96. The molecule has 0 atom stereocenters. The summed E-state index contributed by atoms with van der Waals surface area (Å²) in [6.07, 6.45) is 0. The predicted octanol–water partition coefficient (Wildman–Crippen LogP) is 3.95. The molecule has 19 heavy (non-hydrogen) atoms. The largest absolute Gasteiger partial charge is 0.490 e. The van der Waals surface area contributed by atoms with Crippen LogP contribution in [0.15, 0.2) is 34.1 Å². The van der Waals surface area contributed by atoms with Crippen LogP contribution in [0.2, 0.25) is 0 Å². The number of benzene rings is 1. The quantitative estimate of drug-likeness (QED) is 0.865. The third-order valence-corrected chi connectivity index (χ3v) is 3.98. The SMILES string of the molecule is CCOc1cc(CN)cc(Br)c1OCc1cccs1. The summed E-state index contributed by atoms with van der Waals surface area (Å²) < 4.78 is 12.4. The van der Waals surface area contributed by atoms with Gasteiger partial charge in [0.05, 0.1) is 11.1 Å². The summed E-state index contributed by atoms with van der Waals surface area (Å²) in [5.74, 6) is 1.46. The minimum absolute atomic E-state index is 0.476. The molecule has 0 aliphatic rings. The number of nitrogens with two attached hydrogens (primary N) is 1. The molecule has 0 amide bonds. The molecule has 0 saturated heterocycles. The van der Waals surface area contributed by atoms with Gasteiger partial charge >= 0.3 is 0 Å². The lowest BCUT2D eigenvalue weighted by Gasteiger charge is -2.14. The maximum absolute atomic E-state index is 5.86. The van der Waals surface area contributed by atoms with Crippen molar-refractivity contribution in [2.45, 2.75) is 20.1 Å². The fraction of sp³-hybridized carbons (Fsp3) is 0.286. The van der Waals surface area contributed by atoms with E-state index in [0.29, 0.717) is 19.8 Å². The Labute approximate surface area is 125 Å². The Morgan fingerprint density at radius 2 is 2.16 bits per heavy atom. The first kappa shape index (κ1) is 14.4. The summed E-state index contributed by atoms with van der Waals surface area (Å²) in [5.41, 5.74) is 6.68. The van der Waals surface area contributed by atoms with E-state index in [1.165, 1.54) is 4.88 Å². The van der Waals surface area contributed by atoms with Crippen molar-refractivity contribution in [1.29, 1.82) is 0 Å². The van der Waals surface area contributed by atoms with E-state index in [9.17, 15) is 0 Å². The van der Waals surface area contributed by atoms with E-state index in [0.717, 1.165) is 21.5 Å². The molecule has 0 bridgehead atoms. The van der Waals surface area contributed by atoms with Gasteiger partial charge in [-0.1, -0.05) is 6.07 Å². The van der Waals surface area contributed by atoms with Crippen molar-refractivity contribution in [3.63, 3.8) is 0 Å². The topological polar surface area (TPSA) is 44.5 Å². The number of thiophene rings is 1. The molecule has 0 aliphatic heterocycles. The van der Waals surface area contributed by atoms with Crippen molar-refractivity contribution in [2.24, 2.45) is 5.73 Å². The van der Waals surface area contributed by atoms with Crippen LogP contribution in [-0.2, 0) is 13.2 Å². The van der Waals surface area contributed by atoms with Gasteiger partial charge in [-0.25, -0.2) is 0 Å². The minimum atomic E-state index is 0.476. The third-order valence-electron chi connectivity index (χ3n) is 2.54. The average Bonchev–Trinajstić information content (AvgIpc) is 2.91. The van der Waals surface area contributed by atoms with Gasteiger partial charge in [-0.15, -0.1) is 11.3 Å². The first-order valence-corrected chi connectivity index (χ1v) is 7.72. The van der Waals surface area contributed by atoms with Gasteiger partial charge in [0.15, 0.2) is 11.5 Å². The molecule has 1 heterocycles. The molecule has 3 nitrogen and oxygen atoms in total. The molecule has 0 unspecified atom stereocenters. The highest BCUT2D eigenvalue weighted by Crippen LogP contribution is 2.37. The Morgan fingerprint density at radius 3 is 2.79 bits per heavy atom. The van der Waals surface area contributed by atoms with E-state index in [1.54, 1.807) is 11.3 Å². The van der Waals surface area contributed by atoms with Gasteiger partial charge in [-0.3, -0.25) is 0 Å². The molecular weight excluding hydrogens is 326 g/mol. The van der Waals surface area contributed by atoms with Gasteiger partial charge in [-0.05, 0) is 52.0 Å². The van der Waals surface area contributed by atoms with Crippen molar-refractivity contribution in [3.8, 4) is 11.5 Å². The first-order valence-electron chi connectivity index (χ1n) is 6.05. The van der Waals surface area contributed by atoms with Crippen LogP contribution in [0.4, 0.5) is 0 Å². The molecular formula is C14H16BrNO2S. The fourth-order valence-corrected chi connectivity index (χ4v) is 2.90. The van der Waals surface area contributed by atoms with Crippen molar-refractivity contribution in [2.75, 3.05) is 6.61 Å². The van der Waals surface area contributed by atoms with Crippen molar-refractivity contribution in [3.05, 3.63) is 44.6 Å². The molecule has 0 saturated carbocycles. The van der Waals surface area contributed by atoms with E-state index in [1.807, 2.05) is 36.6 Å². The smallest absolute Gasteiger partial charge is 0.175 e. The Kier molecular flexibility index (Phi) is 5.24. The molecule has 5 heteroatoms. The zero-order valence-corrected chi connectivity index (χ0v) is 13.1. The Morgan fingerprint density at radius 1 is 1.32 bits per heavy atom. The lowest BCUT2D eigenvalue weighted by atomic mass is 10.2.